The highest BCUT2D eigenvalue weighted by atomic mass is 35.5. The van der Waals surface area contributed by atoms with Gasteiger partial charge in [0.15, 0.2) is 0 Å². The summed E-state index contributed by atoms with van der Waals surface area (Å²) in [6, 6.07) is 17.4. The molecule has 0 aliphatic heterocycles. The van der Waals surface area contributed by atoms with Crippen LogP contribution in [0.5, 0.6) is 5.75 Å². The predicted octanol–water partition coefficient (Wildman–Crippen LogP) is 8.22. The van der Waals surface area contributed by atoms with Gasteiger partial charge in [0.05, 0.1) is 31.8 Å². The molecule has 200 valence electrons. The van der Waals surface area contributed by atoms with Crippen molar-refractivity contribution in [3.63, 3.8) is 0 Å². The van der Waals surface area contributed by atoms with Gasteiger partial charge in [0.1, 0.15) is 23.8 Å². The molecule has 6 rings (SSSR count). The number of benzene rings is 3. The fourth-order valence-corrected chi connectivity index (χ4v) is 6.23. The zero-order chi connectivity index (χ0) is 27.3. The molecule has 0 spiro atoms. The number of halogens is 3. The lowest BCUT2D eigenvalue weighted by molar-refractivity contribution is -0.0549. The molecule has 6 nitrogen and oxygen atoms in total. The Balaban J connectivity index is 1.19. The molecule has 2 fully saturated rings. The van der Waals surface area contributed by atoms with Crippen molar-refractivity contribution in [3.8, 4) is 17.0 Å². The van der Waals surface area contributed by atoms with Gasteiger partial charge in [-0.25, -0.2) is 4.79 Å². The fourth-order valence-electron chi connectivity index (χ4n) is 5.30. The topological polar surface area (TPSA) is 92.8 Å². The summed E-state index contributed by atoms with van der Waals surface area (Å²) in [5.41, 5.74) is 2.63. The Morgan fingerprint density at radius 2 is 1.69 bits per heavy atom. The summed E-state index contributed by atoms with van der Waals surface area (Å²) in [6.07, 6.45) is 2.95. The van der Waals surface area contributed by atoms with Gasteiger partial charge in [0.2, 0.25) is 0 Å². The SMILES string of the molecule is O=C(O)c1cccc([C@H]2C[C@@](O)(c3ccc(OCc4c(-c5c(Cl)cccc5Cl)noc4C4CC4)cc3Cl)C2)c1. The highest BCUT2D eigenvalue weighted by Gasteiger charge is 2.45. The summed E-state index contributed by atoms with van der Waals surface area (Å²) in [5, 5.41) is 26.2. The van der Waals surface area contributed by atoms with Crippen molar-refractivity contribution in [2.45, 2.75) is 49.7 Å². The Kier molecular flexibility index (Phi) is 6.84. The van der Waals surface area contributed by atoms with Crippen LogP contribution in [0.15, 0.2) is 65.2 Å². The number of hydrogen-bond acceptors (Lipinski definition) is 5. The predicted molar refractivity (Wildman–Crippen MR) is 149 cm³/mol. The van der Waals surface area contributed by atoms with Crippen LogP contribution in [0, 0.1) is 0 Å². The molecule has 0 bridgehead atoms. The van der Waals surface area contributed by atoms with Crippen LogP contribution in [0.3, 0.4) is 0 Å². The Labute approximate surface area is 240 Å². The maximum atomic E-state index is 11.3. The highest BCUT2D eigenvalue weighted by Crippen LogP contribution is 2.53. The van der Waals surface area contributed by atoms with E-state index < -0.39 is 11.6 Å². The van der Waals surface area contributed by atoms with Crippen LogP contribution >= 0.6 is 34.8 Å². The minimum absolute atomic E-state index is 0.0470. The number of rotatable bonds is 8. The van der Waals surface area contributed by atoms with Crippen molar-refractivity contribution in [2.24, 2.45) is 0 Å². The third-order valence-corrected chi connectivity index (χ3v) is 8.51. The molecule has 9 heteroatoms. The summed E-state index contributed by atoms with van der Waals surface area (Å²) in [6.45, 7) is 0.189. The average Bonchev–Trinajstić information content (AvgIpc) is 3.66. The quantitative estimate of drug-likeness (QED) is 0.217. The van der Waals surface area contributed by atoms with Gasteiger partial charge < -0.3 is 19.5 Å². The maximum Gasteiger partial charge on any atom is 0.335 e. The van der Waals surface area contributed by atoms with Crippen LogP contribution < -0.4 is 4.74 Å². The second-order valence-electron chi connectivity index (χ2n) is 10.2. The van der Waals surface area contributed by atoms with E-state index in [0.29, 0.717) is 56.4 Å². The number of aliphatic hydroxyl groups is 1. The van der Waals surface area contributed by atoms with Crippen molar-refractivity contribution in [3.05, 3.63) is 104 Å². The van der Waals surface area contributed by atoms with Crippen molar-refractivity contribution in [1.29, 1.82) is 0 Å². The fraction of sp³-hybridized carbons (Fsp3) is 0.267. The van der Waals surface area contributed by atoms with Crippen molar-refractivity contribution < 1.29 is 24.3 Å². The summed E-state index contributed by atoms with van der Waals surface area (Å²) in [5.74, 6) is 0.699. The summed E-state index contributed by atoms with van der Waals surface area (Å²) >= 11 is 19.5. The first-order valence-corrected chi connectivity index (χ1v) is 13.8. The minimum atomic E-state index is -1.10. The molecule has 0 saturated heterocycles. The number of carboxylic acids is 1. The lowest BCUT2D eigenvalue weighted by atomic mass is 9.65. The number of hydrogen-bond donors (Lipinski definition) is 2. The number of ether oxygens (including phenoxy) is 1. The van der Waals surface area contributed by atoms with Crippen molar-refractivity contribution in [1.82, 2.24) is 5.16 Å². The van der Waals surface area contributed by atoms with Crippen LogP contribution in [0.25, 0.3) is 11.3 Å². The molecular formula is C30H24Cl3NO5. The first kappa shape index (κ1) is 26.2. The van der Waals surface area contributed by atoms with Gasteiger partial charge in [-0.3, -0.25) is 0 Å². The van der Waals surface area contributed by atoms with E-state index in [9.17, 15) is 15.0 Å². The second kappa shape index (κ2) is 10.2. The van der Waals surface area contributed by atoms with Crippen LogP contribution in [-0.2, 0) is 12.2 Å². The van der Waals surface area contributed by atoms with Gasteiger partial charge in [-0.1, -0.05) is 64.2 Å². The number of aromatic nitrogens is 1. The molecule has 0 atom stereocenters. The molecule has 1 heterocycles. The third-order valence-electron chi connectivity index (χ3n) is 7.56. The van der Waals surface area contributed by atoms with Gasteiger partial charge >= 0.3 is 5.97 Å². The molecule has 2 saturated carbocycles. The molecule has 2 aliphatic carbocycles. The maximum absolute atomic E-state index is 11.3. The van der Waals surface area contributed by atoms with E-state index in [1.165, 1.54) is 0 Å². The molecule has 1 aromatic heterocycles. The molecule has 0 unspecified atom stereocenters. The van der Waals surface area contributed by atoms with Gasteiger partial charge in [-0.15, -0.1) is 0 Å². The van der Waals surface area contributed by atoms with E-state index in [4.69, 9.17) is 44.1 Å². The Bertz CT molecular complexity index is 1550. The molecule has 2 aliphatic rings. The summed E-state index contributed by atoms with van der Waals surface area (Å²) in [4.78, 5) is 11.3. The minimum Gasteiger partial charge on any atom is -0.489 e. The number of carboxylic acid groups (broad SMARTS) is 1. The van der Waals surface area contributed by atoms with Crippen molar-refractivity contribution >= 4 is 40.8 Å². The smallest absolute Gasteiger partial charge is 0.335 e. The largest absolute Gasteiger partial charge is 0.489 e. The molecule has 2 N–H and O–H groups in total. The zero-order valence-electron chi connectivity index (χ0n) is 20.7. The normalized spacial score (nSPS) is 20.5. The second-order valence-corrected chi connectivity index (χ2v) is 11.5. The van der Waals surface area contributed by atoms with E-state index in [1.54, 1.807) is 54.6 Å². The monoisotopic (exact) mass is 583 g/mol. The number of nitrogens with zero attached hydrogens (tertiary/aromatic N) is 1. The molecule has 0 radical (unpaired) electrons. The van der Waals surface area contributed by atoms with E-state index >= 15 is 0 Å². The summed E-state index contributed by atoms with van der Waals surface area (Å²) in [7, 11) is 0. The Morgan fingerprint density at radius 3 is 2.36 bits per heavy atom. The molecular weight excluding hydrogens is 561 g/mol. The first-order chi connectivity index (χ1) is 18.7. The highest BCUT2D eigenvalue weighted by molar-refractivity contribution is 6.39. The van der Waals surface area contributed by atoms with Gasteiger partial charge in [-0.05, 0) is 73.6 Å². The van der Waals surface area contributed by atoms with Gasteiger partial charge in [0, 0.05) is 17.0 Å². The molecule has 39 heavy (non-hydrogen) atoms. The van der Waals surface area contributed by atoms with Gasteiger partial charge in [0.25, 0.3) is 0 Å². The average molecular weight is 585 g/mol. The molecule has 4 aromatic rings. The van der Waals surface area contributed by atoms with E-state index in [-0.39, 0.29) is 18.1 Å². The van der Waals surface area contributed by atoms with E-state index in [2.05, 4.69) is 5.16 Å². The van der Waals surface area contributed by atoms with Crippen molar-refractivity contribution in [2.75, 3.05) is 0 Å². The van der Waals surface area contributed by atoms with Gasteiger partial charge in [-0.2, -0.15) is 0 Å². The first-order valence-electron chi connectivity index (χ1n) is 12.6. The van der Waals surface area contributed by atoms with Crippen LogP contribution in [-0.4, -0.2) is 21.3 Å². The third kappa shape index (κ3) is 5.03. The standard InChI is InChI=1S/C30H24Cl3NO5/c31-23-5-2-6-24(32)26(23)27-21(28(39-34-27)16-7-8-16)15-38-20-9-10-22(25(33)12-20)30(37)13-19(14-30)17-3-1-4-18(11-17)29(35)36/h1-6,9-12,16,19,37H,7-8,13-15H2,(H,35,36)/t19-,30-. The lowest BCUT2D eigenvalue weighted by Crippen LogP contribution is -2.40. The van der Waals surface area contributed by atoms with Crippen LogP contribution in [0.4, 0.5) is 0 Å². The van der Waals surface area contributed by atoms with Crippen LogP contribution in [0.2, 0.25) is 15.1 Å². The lowest BCUT2D eigenvalue weighted by Gasteiger charge is -2.44. The molecule has 3 aromatic carbocycles. The molecule has 0 amide bonds. The number of aromatic carboxylic acids is 1. The van der Waals surface area contributed by atoms with E-state index in [1.807, 2.05) is 6.07 Å². The van der Waals surface area contributed by atoms with Crippen LogP contribution in [0.1, 0.15) is 70.3 Å². The summed E-state index contributed by atoms with van der Waals surface area (Å²) < 4.78 is 11.8. The Morgan fingerprint density at radius 1 is 0.974 bits per heavy atom. The Hall–Kier alpha value is -3.03. The number of carbonyl (C=O) groups is 1. The van der Waals surface area contributed by atoms with E-state index in [0.717, 1.165) is 29.7 Å². The zero-order valence-corrected chi connectivity index (χ0v) is 22.9.